The predicted molar refractivity (Wildman–Crippen MR) is 74.6 cm³/mol. The molecule has 0 N–H and O–H groups in total. The van der Waals surface area contributed by atoms with Crippen molar-refractivity contribution in [3.63, 3.8) is 0 Å². The molecule has 4 rings (SSSR count). The summed E-state index contributed by atoms with van der Waals surface area (Å²) in [6.45, 7) is 6.96. The van der Waals surface area contributed by atoms with Crippen molar-refractivity contribution in [3.05, 3.63) is 0 Å². The van der Waals surface area contributed by atoms with Crippen LogP contribution in [0.15, 0.2) is 0 Å². The molecular formula is C16H28N2. The van der Waals surface area contributed by atoms with Crippen LogP contribution in [0.4, 0.5) is 0 Å². The molecule has 2 heteroatoms. The van der Waals surface area contributed by atoms with Crippen molar-refractivity contribution in [1.82, 2.24) is 9.80 Å². The first-order valence-electron chi connectivity index (χ1n) is 8.36. The van der Waals surface area contributed by atoms with Crippen molar-refractivity contribution >= 4 is 0 Å². The highest BCUT2D eigenvalue weighted by Crippen LogP contribution is 2.49. The number of fused-ring (bicyclic) bond motifs is 1. The summed E-state index contributed by atoms with van der Waals surface area (Å²) in [5, 5.41) is 0. The van der Waals surface area contributed by atoms with Gasteiger partial charge in [0, 0.05) is 19.1 Å². The monoisotopic (exact) mass is 248 g/mol. The third-order valence-electron chi connectivity index (χ3n) is 5.81. The second kappa shape index (κ2) is 4.79. The molecule has 2 saturated heterocycles. The standard InChI is InChI=1S/C16H28N2/c1-3-15-11-17(8-2-10-18(15)9-1)12-16(13-4-5-13)14-6-7-14/h13-16H,1-12H2. The van der Waals surface area contributed by atoms with Gasteiger partial charge < -0.3 is 4.90 Å². The number of hydrogen-bond acceptors (Lipinski definition) is 2. The van der Waals surface area contributed by atoms with Gasteiger partial charge >= 0.3 is 0 Å². The Kier molecular flexibility index (Phi) is 3.12. The minimum Gasteiger partial charge on any atom is -0.301 e. The zero-order valence-electron chi connectivity index (χ0n) is 11.7. The Hall–Kier alpha value is -0.0800. The molecule has 1 atom stereocenters. The van der Waals surface area contributed by atoms with Crippen molar-refractivity contribution in [2.24, 2.45) is 17.8 Å². The van der Waals surface area contributed by atoms with E-state index in [9.17, 15) is 0 Å². The predicted octanol–water partition coefficient (Wildman–Crippen LogP) is 2.59. The lowest BCUT2D eigenvalue weighted by molar-refractivity contribution is 0.181. The van der Waals surface area contributed by atoms with Gasteiger partial charge in [-0.05, 0) is 82.3 Å². The summed E-state index contributed by atoms with van der Waals surface area (Å²) in [5.41, 5.74) is 0. The van der Waals surface area contributed by atoms with Gasteiger partial charge in [0.2, 0.25) is 0 Å². The minimum absolute atomic E-state index is 0.909. The van der Waals surface area contributed by atoms with Crippen LogP contribution in [-0.4, -0.2) is 48.6 Å². The summed E-state index contributed by atoms with van der Waals surface area (Å²) in [6, 6.07) is 0.909. The van der Waals surface area contributed by atoms with Crippen molar-refractivity contribution in [2.75, 3.05) is 32.7 Å². The van der Waals surface area contributed by atoms with E-state index in [-0.39, 0.29) is 0 Å². The molecule has 4 aliphatic rings. The van der Waals surface area contributed by atoms with Gasteiger partial charge in [0.1, 0.15) is 0 Å². The Labute approximate surface area is 112 Å². The van der Waals surface area contributed by atoms with Gasteiger partial charge in [0.25, 0.3) is 0 Å². The van der Waals surface area contributed by atoms with Gasteiger partial charge in [-0.3, -0.25) is 4.90 Å². The van der Waals surface area contributed by atoms with Crippen molar-refractivity contribution in [3.8, 4) is 0 Å². The summed E-state index contributed by atoms with van der Waals surface area (Å²) < 4.78 is 0. The number of rotatable bonds is 4. The van der Waals surface area contributed by atoms with Crippen molar-refractivity contribution in [2.45, 2.75) is 51.0 Å². The van der Waals surface area contributed by atoms with Crippen molar-refractivity contribution in [1.29, 1.82) is 0 Å². The van der Waals surface area contributed by atoms with E-state index in [1.165, 1.54) is 52.0 Å². The molecule has 2 aliphatic heterocycles. The fourth-order valence-corrected chi connectivity index (χ4v) is 4.48. The summed E-state index contributed by atoms with van der Waals surface area (Å²) in [7, 11) is 0. The Morgan fingerprint density at radius 2 is 1.56 bits per heavy atom. The molecule has 0 aromatic rings. The molecule has 0 bridgehead atoms. The van der Waals surface area contributed by atoms with Crippen LogP contribution in [0.5, 0.6) is 0 Å². The molecule has 2 nitrogen and oxygen atoms in total. The number of nitrogens with zero attached hydrogens (tertiary/aromatic N) is 2. The molecule has 0 aromatic heterocycles. The first kappa shape index (κ1) is 11.7. The molecule has 2 heterocycles. The lowest BCUT2D eigenvalue weighted by Gasteiger charge is -2.29. The Bertz CT molecular complexity index is 283. The second-order valence-corrected chi connectivity index (χ2v) is 7.28. The van der Waals surface area contributed by atoms with E-state index < -0.39 is 0 Å². The van der Waals surface area contributed by atoms with Gasteiger partial charge in [0.05, 0.1) is 0 Å². The first-order valence-corrected chi connectivity index (χ1v) is 8.36. The topological polar surface area (TPSA) is 6.48 Å². The van der Waals surface area contributed by atoms with E-state index in [1.807, 2.05) is 0 Å². The summed E-state index contributed by atoms with van der Waals surface area (Å²) in [5.74, 6) is 3.33. The molecule has 0 amide bonds. The highest BCUT2D eigenvalue weighted by Gasteiger charge is 2.42. The maximum Gasteiger partial charge on any atom is 0.0223 e. The lowest BCUT2D eigenvalue weighted by Crippen LogP contribution is -2.39. The van der Waals surface area contributed by atoms with Gasteiger partial charge in [0.15, 0.2) is 0 Å². The summed E-state index contributed by atoms with van der Waals surface area (Å²) in [4.78, 5) is 5.61. The molecule has 2 saturated carbocycles. The van der Waals surface area contributed by atoms with Crippen LogP contribution >= 0.6 is 0 Å². The molecule has 2 aliphatic carbocycles. The molecule has 4 fully saturated rings. The average Bonchev–Trinajstić information content (AvgIpc) is 3.26. The number of hydrogen-bond donors (Lipinski definition) is 0. The molecule has 0 aromatic carbocycles. The quantitative estimate of drug-likeness (QED) is 0.754. The molecule has 0 spiro atoms. The first-order chi connectivity index (χ1) is 8.90. The third kappa shape index (κ3) is 2.46. The van der Waals surface area contributed by atoms with Crippen LogP contribution in [0.25, 0.3) is 0 Å². The van der Waals surface area contributed by atoms with E-state index >= 15 is 0 Å². The van der Waals surface area contributed by atoms with Gasteiger partial charge in [-0.2, -0.15) is 0 Å². The normalized spacial score (nSPS) is 34.8. The molecule has 1 unspecified atom stereocenters. The third-order valence-corrected chi connectivity index (χ3v) is 5.81. The lowest BCUT2D eigenvalue weighted by atomic mass is 9.97. The average molecular weight is 248 g/mol. The fourth-order valence-electron chi connectivity index (χ4n) is 4.48. The van der Waals surface area contributed by atoms with E-state index in [2.05, 4.69) is 9.80 Å². The van der Waals surface area contributed by atoms with E-state index in [4.69, 9.17) is 0 Å². The zero-order valence-corrected chi connectivity index (χ0v) is 11.7. The summed E-state index contributed by atoms with van der Waals surface area (Å²) in [6.07, 6.45) is 10.5. The SMILES string of the molecule is C1CC2CN(CC(C3CC3)C3CC3)CCCN2C1. The second-order valence-electron chi connectivity index (χ2n) is 7.28. The minimum atomic E-state index is 0.909. The Morgan fingerprint density at radius 3 is 2.28 bits per heavy atom. The highest BCUT2D eigenvalue weighted by atomic mass is 15.3. The van der Waals surface area contributed by atoms with E-state index in [0.717, 1.165) is 23.8 Å². The summed E-state index contributed by atoms with van der Waals surface area (Å²) >= 11 is 0. The van der Waals surface area contributed by atoms with Gasteiger partial charge in [-0.15, -0.1) is 0 Å². The van der Waals surface area contributed by atoms with Crippen LogP contribution in [-0.2, 0) is 0 Å². The Morgan fingerprint density at radius 1 is 0.833 bits per heavy atom. The molecule has 102 valence electrons. The molecule has 18 heavy (non-hydrogen) atoms. The maximum atomic E-state index is 2.84. The van der Waals surface area contributed by atoms with Crippen LogP contribution in [0.2, 0.25) is 0 Å². The van der Waals surface area contributed by atoms with Gasteiger partial charge in [-0.25, -0.2) is 0 Å². The van der Waals surface area contributed by atoms with Crippen LogP contribution < -0.4 is 0 Å². The maximum absolute atomic E-state index is 2.84. The van der Waals surface area contributed by atoms with E-state index in [0.29, 0.717) is 0 Å². The molecule has 0 radical (unpaired) electrons. The smallest absolute Gasteiger partial charge is 0.0223 e. The van der Waals surface area contributed by atoms with Crippen molar-refractivity contribution < 1.29 is 0 Å². The molecular weight excluding hydrogens is 220 g/mol. The van der Waals surface area contributed by atoms with E-state index in [1.54, 1.807) is 25.7 Å². The largest absolute Gasteiger partial charge is 0.301 e. The zero-order chi connectivity index (χ0) is 11.9. The van der Waals surface area contributed by atoms with Crippen LogP contribution in [0.3, 0.4) is 0 Å². The fraction of sp³-hybridized carbons (Fsp3) is 1.00. The van der Waals surface area contributed by atoms with Gasteiger partial charge in [-0.1, -0.05) is 0 Å². The Balaban J connectivity index is 1.37. The highest BCUT2D eigenvalue weighted by molar-refractivity contribution is 4.94. The van der Waals surface area contributed by atoms with Crippen LogP contribution in [0, 0.1) is 17.8 Å². The van der Waals surface area contributed by atoms with Crippen LogP contribution in [0.1, 0.15) is 44.9 Å².